The molecule has 0 aliphatic rings. The van der Waals surface area contributed by atoms with Crippen molar-refractivity contribution in [2.75, 3.05) is 19.0 Å². The Bertz CT molecular complexity index is 843. The van der Waals surface area contributed by atoms with Gasteiger partial charge in [-0.05, 0) is 56.7 Å². The van der Waals surface area contributed by atoms with E-state index in [1.165, 1.54) is 13.0 Å². The number of aryl methyl sites for hydroxylation is 1. The highest BCUT2D eigenvalue weighted by atomic mass is 16.5. The number of rotatable bonds is 8. The molecule has 0 unspecified atom stereocenters. The number of anilines is 1. The first-order chi connectivity index (χ1) is 13.4. The van der Waals surface area contributed by atoms with Gasteiger partial charge in [-0.2, -0.15) is 0 Å². The number of carbonyl (C=O) groups is 2. The first-order valence-corrected chi connectivity index (χ1v) is 9.00. The van der Waals surface area contributed by atoms with E-state index in [-0.39, 0.29) is 0 Å². The van der Waals surface area contributed by atoms with Gasteiger partial charge in [-0.15, -0.1) is 0 Å². The summed E-state index contributed by atoms with van der Waals surface area (Å²) in [6, 6.07) is 12.7. The quantitative estimate of drug-likeness (QED) is 0.551. The number of hydrogen-bond acceptors (Lipinski definition) is 5. The zero-order valence-corrected chi connectivity index (χ0v) is 16.5. The van der Waals surface area contributed by atoms with Crippen LogP contribution in [0.25, 0.3) is 6.08 Å². The summed E-state index contributed by atoms with van der Waals surface area (Å²) in [5, 5.41) is 2.71. The summed E-state index contributed by atoms with van der Waals surface area (Å²) in [5.41, 5.74) is 2.49. The molecule has 0 aliphatic carbocycles. The Morgan fingerprint density at radius 2 is 1.82 bits per heavy atom. The molecular formula is C22H25NO5. The Balaban J connectivity index is 1.94. The van der Waals surface area contributed by atoms with Crippen molar-refractivity contribution in [2.45, 2.75) is 26.9 Å². The Hall–Kier alpha value is -3.28. The van der Waals surface area contributed by atoms with Gasteiger partial charge in [-0.3, -0.25) is 4.79 Å². The minimum absolute atomic E-state index is 0.395. The summed E-state index contributed by atoms with van der Waals surface area (Å²) in [7, 11) is 1.56. The minimum atomic E-state index is -0.923. The zero-order valence-electron chi connectivity index (χ0n) is 16.5. The molecule has 6 heteroatoms. The van der Waals surface area contributed by atoms with Gasteiger partial charge in [0.1, 0.15) is 0 Å². The number of nitrogens with one attached hydrogen (secondary N) is 1. The SMILES string of the molecule is CCOc1cc(/C=C/C(=O)O[C@H](C)C(=O)Nc2ccc(C)cc2)ccc1OC. The van der Waals surface area contributed by atoms with Crippen molar-refractivity contribution >= 4 is 23.6 Å². The summed E-state index contributed by atoms with van der Waals surface area (Å²) < 4.78 is 15.9. The van der Waals surface area contributed by atoms with Crippen molar-refractivity contribution < 1.29 is 23.8 Å². The van der Waals surface area contributed by atoms with Gasteiger partial charge in [0, 0.05) is 11.8 Å². The van der Waals surface area contributed by atoms with E-state index in [1.807, 2.05) is 26.0 Å². The van der Waals surface area contributed by atoms with Crippen LogP contribution in [0.2, 0.25) is 0 Å². The van der Waals surface area contributed by atoms with Gasteiger partial charge >= 0.3 is 5.97 Å². The molecule has 2 rings (SSSR count). The van der Waals surface area contributed by atoms with Crippen LogP contribution in [0.5, 0.6) is 11.5 Å². The Morgan fingerprint density at radius 3 is 2.46 bits per heavy atom. The molecule has 0 fully saturated rings. The fourth-order valence-corrected chi connectivity index (χ4v) is 2.38. The highest BCUT2D eigenvalue weighted by Gasteiger charge is 2.16. The standard InChI is InChI=1S/C22H25NO5/c1-5-27-20-14-17(8-12-19(20)26-4)9-13-21(24)28-16(3)22(25)23-18-10-6-15(2)7-11-18/h6-14,16H,5H2,1-4H3,(H,23,25)/b13-9+/t16-/m1/s1. The molecule has 28 heavy (non-hydrogen) atoms. The van der Waals surface area contributed by atoms with Crippen LogP contribution in [0.15, 0.2) is 48.5 Å². The third-order valence-electron chi connectivity index (χ3n) is 3.88. The third-order valence-corrected chi connectivity index (χ3v) is 3.88. The van der Waals surface area contributed by atoms with Crippen LogP contribution in [0.3, 0.4) is 0 Å². The number of benzene rings is 2. The van der Waals surface area contributed by atoms with Crippen LogP contribution in [0.4, 0.5) is 5.69 Å². The number of esters is 1. The van der Waals surface area contributed by atoms with E-state index < -0.39 is 18.0 Å². The highest BCUT2D eigenvalue weighted by molar-refractivity contribution is 5.96. The number of methoxy groups -OCH3 is 1. The predicted molar refractivity (Wildman–Crippen MR) is 109 cm³/mol. The first-order valence-electron chi connectivity index (χ1n) is 9.00. The van der Waals surface area contributed by atoms with E-state index >= 15 is 0 Å². The van der Waals surface area contributed by atoms with Gasteiger partial charge in [0.15, 0.2) is 17.6 Å². The molecule has 0 saturated carbocycles. The number of amides is 1. The lowest BCUT2D eigenvalue weighted by molar-refractivity contribution is -0.148. The molecule has 0 aliphatic heterocycles. The molecule has 0 saturated heterocycles. The van der Waals surface area contributed by atoms with Crippen LogP contribution in [-0.2, 0) is 14.3 Å². The molecule has 2 aromatic rings. The second kappa shape index (κ2) is 10.2. The van der Waals surface area contributed by atoms with E-state index in [2.05, 4.69) is 5.32 Å². The summed E-state index contributed by atoms with van der Waals surface area (Å²) in [5.74, 6) is 0.198. The van der Waals surface area contributed by atoms with Crippen LogP contribution in [0, 0.1) is 6.92 Å². The monoisotopic (exact) mass is 383 g/mol. The average molecular weight is 383 g/mol. The van der Waals surface area contributed by atoms with Crippen molar-refractivity contribution in [3.05, 3.63) is 59.7 Å². The molecule has 0 bridgehead atoms. The molecule has 0 heterocycles. The summed E-state index contributed by atoms with van der Waals surface area (Å²) in [4.78, 5) is 24.2. The van der Waals surface area contributed by atoms with Crippen molar-refractivity contribution in [1.82, 2.24) is 0 Å². The van der Waals surface area contributed by atoms with E-state index in [9.17, 15) is 9.59 Å². The second-order valence-electron chi connectivity index (χ2n) is 6.11. The molecule has 1 amide bonds. The maximum absolute atomic E-state index is 12.2. The Labute approximate surface area is 165 Å². The number of ether oxygens (including phenoxy) is 3. The minimum Gasteiger partial charge on any atom is -0.493 e. The smallest absolute Gasteiger partial charge is 0.331 e. The van der Waals surface area contributed by atoms with Gasteiger partial charge in [0.2, 0.25) is 0 Å². The van der Waals surface area contributed by atoms with Crippen LogP contribution >= 0.6 is 0 Å². The molecule has 1 N–H and O–H groups in total. The Kier molecular flexibility index (Phi) is 7.63. The molecule has 148 valence electrons. The normalized spacial score (nSPS) is 11.7. The van der Waals surface area contributed by atoms with Crippen LogP contribution in [-0.4, -0.2) is 31.7 Å². The van der Waals surface area contributed by atoms with Crippen molar-refractivity contribution in [3.8, 4) is 11.5 Å². The fourth-order valence-electron chi connectivity index (χ4n) is 2.38. The van der Waals surface area contributed by atoms with Gasteiger partial charge in [-0.1, -0.05) is 23.8 Å². The molecular weight excluding hydrogens is 358 g/mol. The maximum Gasteiger partial charge on any atom is 0.331 e. The lowest BCUT2D eigenvalue weighted by atomic mass is 10.2. The molecule has 0 radical (unpaired) electrons. The third kappa shape index (κ3) is 6.16. The molecule has 0 spiro atoms. The maximum atomic E-state index is 12.2. The van der Waals surface area contributed by atoms with Crippen molar-refractivity contribution in [1.29, 1.82) is 0 Å². The van der Waals surface area contributed by atoms with Crippen LogP contribution in [0.1, 0.15) is 25.0 Å². The topological polar surface area (TPSA) is 73.9 Å². The Morgan fingerprint density at radius 1 is 1.11 bits per heavy atom. The van der Waals surface area contributed by atoms with Crippen molar-refractivity contribution in [3.63, 3.8) is 0 Å². The summed E-state index contributed by atoms with van der Waals surface area (Å²) in [6.07, 6.45) is 1.94. The molecule has 2 aromatic carbocycles. The average Bonchev–Trinajstić information content (AvgIpc) is 2.68. The van der Waals surface area contributed by atoms with Gasteiger partial charge in [0.25, 0.3) is 5.91 Å². The molecule has 1 atom stereocenters. The fraction of sp³-hybridized carbons (Fsp3) is 0.273. The molecule has 6 nitrogen and oxygen atoms in total. The van der Waals surface area contributed by atoms with Crippen molar-refractivity contribution in [2.24, 2.45) is 0 Å². The summed E-state index contributed by atoms with van der Waals surface area (Å²) in [6.45, 7) is 5.86. The summed E-state index contributed by atoms with van der Waals surface area (Å²) >= 11 is 0. The van der Waals surface area contributed by atoms with E-state index in [0.717, 1.165) is 11.1 Å². The largest absolute Gasteiger partial charge is 0.493 e. The lowest BCUT2D eigenvalue weighted by Crippen LogP contribution is -2.29. The van der Waals surface area contributed by atoms with Gasteiger partial charge < -0.3 is 19.5 Å². The van der Waals surface area contributed by atoms with E-state index in [1.54, 1.807) is 43.5 Å². The van der Waals surface area contributed by atoms with Crippen LogP contribution < -0.4 is 14.8 Å². The zero-order chi connectivity index (χ0) is 20.5. The van der Waals surface area contributed by atoms with E-state index in [4.69, 9.17) is 14.2 Å². The van der Waals surface area contributed by atoms with Gasteiger partial charge in [0.05, 0.1) is 13.7 Å². The predicted octanol–water partition coefficient (Wildman–Crippen LogP) is 3.99. The van der Waals surface area contributed by atoms with E-state index in [0.29, 0.717) is 23.8 Å². The van der Waals surface area contributed by atoms with Gasteiger partial charge in [-0.25, -0.2) is 4.79 Å². The highest BCUT2D eigenvalue weighted by Crippen LogP contribution is 2.28. The number of carbonyl (C=O) groups excluding carboxylic acids is 2. The number of hydrogen-bond donors (Lipinski definition) is 1. The lowest BCUT2D eigenvalue weighted by Gasteiger charge is -2.12. The second-order valence-corrected chi connectivity index (χ2v) is 6.11. The first kappa shape index (κ1) is 21.0. The molecule has 0 aromatic heterocycles.